The van der Waals surface area contributed by atoms with Crippen LogP contribution in [0.3, 0.4) is 0 Å². The van der Waals surface area contributed by atoms with Crippen LogP contribution < -0.4 is 5.32 Å². The molecule has 2 aromatic rings. The summed E-state index contributed by atoms with van der Waals surface area (Å²) in [6, 6.07) is 6.07. The first-order valence-electron chi connectivity index (χ1n) is 9.18. The average molecular weight is 357 g/mol. The smallest absolute Gasteiger partial charge is 0.310 e. The van der Waals surface area contributed by atoms with E-state index in [4.69, 9.17) is 4.74 Å². The molecule has 140 valence electrons. The minimum Gasteiger partial charge on any atom is -0.466 e. The molecule has 1 atom stereocenters. The van der Waals surface area contributed by atoms with E-state index >= 15 is 0 Å². The molecule has 7 nitrogen and oxygen atoms in total. The van der Waals surface area contributed by atoms with Crippen LogP contribution in [-0.4, -0.2) is 53.0 Å². The van der Waals surface area contributed by atoms with Crippen LogP contribution in [0.5, 0.6) is 0 Å². The summed E-state index contributed by atoms with van der Waals surface area (Å²) in [5.74, 6) is 0.608. The molecule has 1 unspecified atom stereocenters. The molecule has 0 saturated carbocycles. The number of rotatable bonds is 4. The zero-order valence-corrected chi connectivity index (χ0v) is 15.7. The summed E-state index contributed by atoms with van der Waals surface area (Å²) in [5.41, 5.74) is 3.05. The number of hydrogen-bond donors (Lipinski definition) is 1. The first kappa shape index (κ1) is 18.2. The summed E-state index contributed by atoms with van der Waals surface area (Å²) in [5, 5.41) is 3.38. The van der Waals surface area contributed by atoms with Crippen molar-refractivity contribution in [2.75, 3.05) is 26.7 Å². The zero-order valence-electron chi connectivity index (χ0n) is 15.7. The number of aryl methyl sites for hydroxylation is 1. The normalized spacial score (nSPS) is 18.2. The number of hydrogen-bond acceptors (Lipinski definition) is 4. The lowest BCUT2D eigenvalue weighted by atomic mass is 9.98. The maximum atomic E-state index is 12.0. The van der Waals surface area contributed by atoms with Crippen LogP contribution >= 0.6 is 0 Å². The number of carbonyl (C=O) groups excluding carboxylic acids is 1. The van der Waals surface area contributed by atoms with Crippen LogP contribution in [0, 0.1) is 12.8 Å². The first-order valence-corrected chi connectivity index (χ1v) is 9.18. The standard InChI is InChI=1S/C19H27N5O2/c1-4-26-18(25)15-8-6-10-23(12-15)19(20-3)21-11-16-13-24-14(2)7-5-9-17(24)22-16/h5,7,9,13,15H,4,6,8,10-12H2,1-3H3,(H,20,21). The number of imidazole rings is 1. The number of aliphatic imine (C=N–C) groups is 1. The van der Waals surface area contributed by atoms with Gasteiger partial charge < -0.3 is 19.4 Å². The van der Waals surface area contributed by atoms with Gasteiger partial charge in [-0.25, -0.2) is 4.98 Å². The van der Waals surface area contributed by atoms with Crippen molar-refractivity contribution < 1.29 is 9.53 Å². The van der Waals surface area contributed by atoms with E-state index < -0.39 is 0 Å². The van der Waals surface area contributed by atoms with Crippen molar-refractivity contribution in [2.24, 2.45) is 10.9 Å². The first-order chi connectivity index (χ1) is 12.6. The van der Waals surface area contributed by atoms with Gasteiger partial charge in [-0.2, -0.15) is 0 Å². The number of nitrogens with one attached hydrogen (secondary N) is 1. The Kier molecular flexibility index (Phi) is 5.75. The summed E-state index contributed by atoms with van der Waals surface area (Å²) in [6.45, 7) is 6.45. The number of pyridine rings is 1. The fraction of sp³-hybridized carbons (Fsp3) is 0.526. The van der Waals surface area contributed by atoms with Crippen LogP contribution in [0.4, 0.5) is 0 Å². The predicted molar refractivity (Wildman–Crippen MR) is 101 cm³/mol. The van der Waals surface area contributed by atoms with Crippen molar-refractivity contribution in [3.63, 3.8) is 0 Å². The maximum Gasteiger partial charge on any atom is 0.310 e. The molecule has 0 aromatic carbocycles. The topological polar surface area (TPSA) is 71.2 Å². The lowest BCUT2D eigenvalue weighted by Crippen LogP contribution is -2.48. The number of esters is 1. The van der Waals surface area contributed by atoms with Crippen molar-refractivity contribution >= 4 is 17.6 Å². The highest BCUT2D eigenvalue weighted by Gasteiger charge is 2.28. The van der Waals surface area contributed by atoms with E-state index in [0.717, 1.165) is 42.4 Å². The van der Waals surface area contributed by atoms with Gasteiger partial charge in [-0.15, -0.1) is 0 Å². The average Bonchev–Trinajstić information content (AvgIpc) is 3.07. The molecule has 0 bridgehead atoms. The number of nitrogens with zero attached hydrogens (tertiary/aromatic N) is 4. The van der Waals surface area contributed by atoms with Gasteiger partial charge in [-0.3, -0.25) is 9.79 Å². The highest BCUT2D eigenvalue weighted by Crippen LogP contribution is 2.18. The lowest BCUT2D eigenvalue weighted by molar-refractivity contribution is -0.149. The van der Waals surface area contributed by atoms with E-state index in [1.165, 1.54) is 0 Å². The fourth-order valence-electron chi connectivity index (χ4n) is 3.41. The van der Waals surface area contributed by atoms with Crippen LogP contribution in [0.25, 0.3) is 5.65 Å². The Labute approximate surface area is 154 Å². The van der Waals surface area contributed by atoms with Crippen molar-refractivity contribution in [2.45, 2.75) is 33.2 Å². The van der Waals surface area contributed by atoms with E-state index in [0.29, 0.717) is 19.7 Å². The molecular formula is C19H27N5O2. The monoisotopic (exact) mass is 357 g/mol. The summed E-state index contributed by atoms with van der Waals surface area (Å²) in [4.78, 5) is 23.2. The molecule has 1 aliphatic heterocycles. The molecular weight excluding hydrogens is 330 g/mol. The Morgan fingerprint density at radius 2 is 2.31 bits per heavy atom. The molecule has 1 saturated heterocycles. The molecule has 7 heteroatoms. The number of guanidine groups is 1. The zero-order chi connectivity index (χ0) is 18.5. The molecule has 0 radical (unpaired) electrons. The van der Waals surface area contributed by atoms with Crippen molar-refractivity contribution in [3.8, 4) is 0 Å². The number of likely N-dealkylation sites (tertiary alicyclic amines) is 1. The van der Waals surface area contributed by atoms with E-state index in [2.05, 4.69) is 37.6 Å². The third kappa shape index (κ3) is 3.98. The third-order valence-electron chi connectivity index (χ3n) is 4.73. The second-order valence-electron chi connectivity index (χ2n) is 6.57. The molecule has 26 heavy (non-hydrogen) atoms. The van der Waals surface area contributed by atoms with E-state index in [-0.39, 0.29) is 11.9 Å². The van der Waals surface area contributed by atoms with E-state index in [1.54, 1.807) is 7.05 Å². The Bertz CT molecular complexity index is 798. The van der Waals surface area contributed by atoms with Gasteiger partial charge in [0.05, 0.1) is 24.8 Å². The van der Waals surface area contributed by atoms with Gasteiger partial charge in [0, 0.05) is 32.0 Å². The minimum absolute atomic E-state index is 0.0832. The van der Waals surface area contributed by atoms with Gasteiger partial charge >= 0.3 is 5.97 Å². The van der Waals surface area contributed by atoms with Gasteiger partial charge in [0.25, 0.3) is 0 Å². The van der Waals surface area contributed by atoms with E-state index in [1.807, 2.05) is 25.3 Å². The summed E-state index contributed by atoms with van der Waals surface area (Å²) in [7, 11) is 1.77. The number of piperidine rings is 1. The van der Waals surface area contributed by atoms with Crippen LogP contribution in [0.1, 0.15) is 31.2 Å². The summed E-state index contributed by atoms with van der Waals surface area (Å²) in [6.07, 6.45) is 3.87. The SMILES string of the molecule is CCOC(=O)C1CCCN(C(=NC)NCc2cn3c(C)cccc3n2)C1. The molecule has 0 aliphatic carbocycles. The second-order valence-corrected chi connectivity index (χ2v) is 6.57. The van der Waals surface area contributed by atoms with Crippen LogP contribution in [0.2, 0.25) is 0 Å². The Morgan fingerprint density at radius 3 is 3.04 bits per heavy atom. The van der Waals surface area contributed by atoms with Gasteiger partial charge in [0.2, 0.25) is 0 Å². The largest absolute Gasteiger partial charge is 0.466 e. The molecule has 0 spiro atoms. The van der Waals surface area contributed by atoms with Crippen LogP contribution in [-0.2, 0) is 16.1 Å². The summed E-state index contributed by atoms with van der Waals surface area (Å²) < 4.78 is 7.26. The lowest BCUT2D eigenvalue weighted by Gasteiger charge is -2.33. The van der Waals surface area contributed by atoms with Crippen LogP contribution in [0.15, 0.2) is 29.4 Å². The van der Waals surface area contributed by atoms with Gasteiger partial charge in [0.15, 0.2) is 5.96 Å². The molecule has 1 fully saturated rings. The van der Waals surface area contributed by atoms with Gasteiger partial charge in [0.1, 0.15) is 5.65 Å². The number of fused-ring (bicyclic) bond motifs is 1. The molecule has 2 aromatic heterocycles. The molecule has 0 amide bonds. The number of ether oxygens (including phenoxy) is 1. The second kappa shape index (κ2) is 8.21. The molecule has 3 rings (SSSR count). The number of carbonyl (C=O) groups is 1. The van der Waals surface area contributed by atoms with Crippen molar-refractivity contribution in [3.05, 3.63) is 35.8 Å². The Hall–Kier alpha value is -2.57. The van der Waals surface area contributed by atoms with Gasteiger partial charge in [-0.1, -0.05) is 6.07 Å². The fourth-order valence-corrected chi connectivity index (χ4v) is 3.41. The predicted octanol–water partition coefficient (Wildman–Crippen LogP) is 1.99. The Balaban J connectivity index is 1.63. The molecule has 3 heterocycles. The summed E-state index contributed by atoms with van der Waals surface area (Å²) >= 11 is 0. The van der Waals surface area contributed by atoms with Crippen molar-refractivity contribution in [1.82, 2.24) is 19.6 Å². The highest BCUT2D eigenvalue weighted by molar-refractivity contribution is 5.81. The number of aromatic nitrogens is 2. The van der Waals surface area contributed by atoms with Crippen molar-refractivity contribution in [1.29, 1.82) is 0 Å². The Morgan fingerprint density at radius 1 is 1.46 bits per heavy atom. The molecule has 1 aliphatic rings. The highest BCUT2D eigenvalue weighted by atomic mass is 16.5. The molecule has 1 N–H and O–H groups in total. The maximum absolute atomic E-state index is 12.0. The minimum atomic E-state index is -0.108. The third-order valence-corrected chi connectivity index (χ3v) is 4.73. The quantitative estimate of drug-likeness (QED) is 0.515. The van der Waals surface area contributed by atoms with Gasteiger partial charge in [-0.05, 0) is 38.8 Å². The van der Waals surface area contributed by atoms with E-state index in [9.17, 15) is 4.79 Å².